The largest absolute Gasteiger partial charge is 0.490 e. The first-order chi connectivity index (χ1) is 13.9. The van der Waals surface area contributed by atoms with Gasteiger partial charge in [0.25, 0.3) is 0 Å². The summed E-state index contributed by atoms with van der Waals surface area (Å²) in [5, 5.41) is 9.48. The van der Waals surface area contributed by atoms with Gasteiger partial charge in [-0.25, -0.2) is 9.97 Å². The molecule has 1 aromatic carbocycles. The molecule has 0 N–H and O–H groups in total. The van der Waals surface area contributed by atoms with Crippen molar-refractivity contribution in [1.82, 2.24) is 14.5 Å². The number of piperidine rings is 1. The molecule has 3 heterocycles. The van der Waals surface area contributed by atoms with E-state index in [1.165, 1.54) is 17.0 Å². The van der Waals surface area contributed by atoms with Gasteiger partial charge in [0.15, 0.2) is 5.69 Å². The lowest BCUT2D eigenvalue weighted by Crippen LogP contribution is -2.38. The van der Waals surface area contributed by atoms with Crippen LogP contribution in [0.1, 0.15) is 18.5 Å². The topological polar surface area (TPSA) is 67.0 Å². The van der Waals surface area contributed by atoms with Gasteiger partial charge in [-0.1, -0.05) is 6.07 Å². The molecule has 3 aromatic rings. The van der Waals surface area contributed by atoms with Gasteiger partial charge in [0, 0.05) is 37.5 Å². The molecule has 29 heavy (non-hydrogen) atoms. The number of rotatable bonds is 4. The Hall–Kier alpha value is -3.28. The first kappa shape index (κ1) is 19.1. The second-order valence-corrected chi connectivity index (χ2v) is 6.92. The van der Waals surface area contributed by atoms with Crippen LogP contribution in [-0.4, -0.2) is 39.9 Å². The molecule has 0 unspecified atom stereocenters. The van der Waals surface area contributed by atoms with Crippen LogP contribution in [0.2, 0.25) is 0 Å². The number of alkyl halides is 3. The molecular weight excluding hydrogens is 383 g/mol. The summed E-state index contributed by atoms with van der Waals surface area (Å²) in [6, 6.07) is 8.78. The molecule has 6 nitrogen and oxygen atoms in total. The number of benzene rings is 1. The zero-order valence-electron chi connectivity index (χ0n) is 15.4. The van der Waals surface area contributed by atoms with E-state index < -0.39 is 12.7 Å². The van der Waals surface area contributed by atoms with Crippen molar-refractivity contribution in [3.05, 3.63) is 48.5 Å². The molecule has 0 bridgehead atoms. The van der Waals surface area contributed by atoms with Gasteiger partial charge in [0.05, 0.1) is 17.9 Å². The normalized spacial score (nSPS) is 15.4. The van der Waals surface area contributed by atoms with Crippen molar-refractivity contribution in [3.63, 3.8) is 0 Å². The van der Waals surface area contributed by atoms with Crippen LogP contribution >= 0.6 is 0 Å². The van der Waals surface area contributed by atoms with E-state index in [2.05, 4.69) is 14.9 Å². The van der Waals surface area contributed by atoms with Gasteiger partial charge < -0.3 is 14.2 Å². The van der Waals surface area contributed by atoms with Crippen LogP contribution in [0.5, 0.6) is 5.75 Å². The van der Waals surface area contributed by atoms with Crippen molar-refractivity contribution in [2.75, 3.05) is 18.0 Å². The number of hydrogen-bond acceptors (Lipinski definition) is 5. The first-order valence-corrected chi connectivity index (χ1v) is 9.21. The van der Waals surface area contributed by atoms with Gasteiger partial charge in [-0.2, -0.15) is 18.4 Å². The maximum Gasteiger partial charge on any atom is 0.406 e. The number of nitriles is 1. The minimum absolute atomic E-state index is 0.0332. The molecule has 1 aliphatic rings. The van der Waals surface area contributed by atoms with E-state index in [1.54, 1.807) is 30.5 Å². The van der Waals surface area contributed by atoms with E-state index in [9.17, 15) is 13.2 Å². The summed E-state index contributed by atoms with van der Waals surface area (Å²) in [4.78, 5) is 10.4. The average molecular weight is 401 g/mol. The van der Waals surface area contributed by atoms with Gasteiger partial charge in [0.1, 0.15) is 30.3 Å². The maximum absolute atomic E-state index is 12.8. The van der Waals surface area contributed by atoms with Crippen LogP contribution in [-0.2, 0) is 6.54 Å². The third-order valence-electron chi connectivity index (χ3n) is 4.94. The van der Waals surface area contributed by atoms with Crippen molar-refractivity contribution < 1.29 is 17.9 Å². The second kappa shape index (κ2) is 7.62. The maximum atomic E-state index is 12.8. The zero-order chi connectivity index (χ0) is 20.4. The molecule has 2 aromatic heterocycles. The zero-order valence-corrected chi connectivity index (χ0v) is 15.4. The summed E-state index contributed by atoms with van der Waals surface area (Å²) in [5.74, 6) is 1.31. The van der Waals surface area contributed by atoms with Crippen molar-refractivity contribution >= 4 is 16.7 Å². The molecule has 0 aliphatic carbocycles. The minimum Gasteiger partial charge on any atom is -0.490 e. The third-order valence-corrected chi connectivity index (χ3v) is 4.94. The minimum atomic E-state index is -4.27. The molecule has 1 aliphatic heterocycles. The highest BCUT2D eigenvalue weighted by Gasteiger charge is 2.29. The molecule has 0 spiro atoms. The van der Waals surface area contributed by atoms with Gasteiger partial charge in [-0.15, -0.1) is 0 Å². The van der Waals surface area contributed by atoms with Crippen LogP contribution in [0.4, 0.5) is 19.0 Å². The lowest BCUT2D eigenvalue weighted by atomic mass is 10.1. The molecule has 1 saturated heterocycles. The molecule has 9 heteroatoms. The number of ether oxygens (including phenoxy) is 1. The Morgan fingerprint density at radius 1 is 1.14 bits per heavy atom. The monoisotopic (exact) mass is 401 g/mol. The third kappa shape index (κ3) is 4.26. The van der Waals surface area contributed by atoms with Crippen molar-refractivity contribution in [2.24, 2.45) is 0 Å². The van der Waals surface area contributed by atoms with Gasteiger partial charge >= 0.3 is 6.18 Å². The summed E-state index contributed by atoms with van der Waals surface area (Å²) in [7, 11) is 0. The summed E-state index contributed by atoms with van der Waals surface area (Å²) in [5.41, 5.74) is 0.780. The van der Waals surface area contributed by atoms with E-state index in [1.807, 2.05) is 6.07 Å². The average Bonchev–Trinajstić information content (AvgIpc) is 3.11. The summed E-state index contributed by atoms with van der Waals surface area (Å²) in [6.07, 6.45) is 1.67. The molecule has 0 amide bonds. The fourth-order valence-electron chi connectivity index (χ4n) is 3.55. The van der Waals surface area contributed by atoms with Crippen LogP contribution in [0.3, 0.4) is 0 Å². The molecule has 4 rings (SSSR count). The van der Waals surface area contributed by atoms with Crippen LogP contribution in [0, 0.1) is 11.3 Å². The Morgan fingerprint density at radius 3 is 2.59 bits per heavy atom. The van der Waals surface area contributed by atoms with Crippen molar-refractivity contribution in [3.8, 4) is 11.8 Å². The molecule has 0 saturated carbocycles. The Bertz CT molecular complexity index is 1030. The second-order valence-electron chi connectivity index (χ2n) is 6.92. The van der Waals surface area contributed by atoms with Crippen molar-refractivity contribution in [2.45, 2.75) is 31.7 Å². The lowest BCUT2D eigenvalue weighted by Gasteiger charge is -2.32. The quantitative estimate of drug-likeness (QED) is 0.663. The first-order valence-electron chi connectivity index (χ1n) is 9.21. The fraction of sp³-hybridized carbons (Fsp3) is 0.350. The highest BCUT2D eigenvalue weighted by Crippen LogP contribution is 2.31. The highest BCUT2D eigenvalue weighted by molar-refractivity contribution is 5.86. The molecule has 1 fully saturated rings. The van der Waals surface area contributed by atoms with Gasteiger partial charge in [-0.3, -0.25) is 0 Å². The van der Waals surface area contributed by atoms with Gasteiger partial charge in [-0.05, 0) is 18.2 Å². The summed E-state index contributed by atoms with van der Waals surface area (Å²) in [6.45, 7) is 0.413. The van der Waals surface area contributed by atoms with Crippen LogP contribution in [0.15, 0.2) is 42.9 Å². The predicted octanol–water partition coefficient (Wildman–Crippen LogP) is 3.91. The Morgan fingerprint density at radius 2 is 1.93 bits per heavy atom. The number of nitrogens with zero attached hydrogens (tertiary/aromatic N) is 5. The smallest absolute Gasteiger partial charge is 0.406 e. The Kier molecular flexibility index (Phi) is 5.01. The Labute approximate surface area is 165 Å². The van der Waals surface area contributed by atoms with E-state index in [0.29, 0.717) is 22.5 Å². The molecule has 0 radical (unpaired) electrons. The molecular formula is C20H18F3N5O. The molecule has 150 valence electrons. The van der Waals surface area contributed by atoms with Crippen LogP contribution in [0.25, 0.3) is 10.9 Å². The molecule has 0 atom stereocenters. The number of halogens is 3. The number of fused-ring (bicyclic) bond motifs is 1. The highest BCUT2D eigenvalue weighted by atomic mass is 19.4. The lowest BCUT2D eigenvalue weighted by molar-refractivity contribution is -0.139. The number of hydrogen-bond donors (Lipinski definition) is 0. The fourth-order valence-corrected chi connectivity index (χ4v) is 3.55. The predicted molar refractivity (Wildman–Crippen MR) is 101 cm³/mol. The van der Waals surface area contributed by atoms with E-state index >= 15 is 0 Å². The number of anilines is 1. The van der Waals surface area contributed by atoms with E-state index in [0.717, 1.165) is 25.9 Å². The SMILES string of the molecule is N#Cc1cnc(N2CCC(Oc3cccc4c3ccn4CC(F)(F)F)CC2)cn1. The van der Waals surface area contributed by atoms with Crippen LogP contribution < -0.4 is 9.64 Å². The standard InChI is InChI=1S/C20H18F3N5O/c21-20(22,23)13-28-9-6-16-17(28)2-1-3-18(16)29-15-4-7-27(8-5-15)19-12-25-14(10-24)11-26-19/h1-3,6,9,11-12,15H,4-5,7-8,13H2. The van der Waals surface area contributed by atoms with E-state index in [-0.39, 0.29) is 11.8 Å². The Balaban J connectivity index is 1.43. The van der Waals surface area contributed by atoms with E-state index in [4.69, 9.17) is 10.00 Å². The van der Waals surface area contributed by atoms with Gasteiger partial charge in [0.2, 0.25) is 0 Å². The summed E-state index contributed by atoms with van der Waals surface area (Å²) < 4.78 is 45.6. The summed E-state index contributed by atoms with van der Waals surface area (Å²) >= 11 is 0. The number of aromatic nitrogens is 3. The van der Waals surface area contributed by atoms with Crippen molar-refractivity contribution in [1.29, 1.82) is 5.26 Å².